The first-order valence-electron chi connectivity index (χ1n) is 8.91. The topological polar surface area (TPSA) is 89.9 Å². The van der Waals surface area contributed by atoms with Crippen molar-refractivity contribution >= 4 is 17.5 Å². The zero-order valence-corrected chi connectivity index (χ0v) is 15.9. The van der Waals surface area contributed by atoms with E-state index in [0.717, 1.165) is 12.8 Å². The summed E-state index contributed by atoms with van der Waals surface area (Å²) < 4.78 is 20.2. The number of hydrogen-bond donors (Lipinski definition) is 0. The van der Waals surface area contributed by atoms with E-state index in [-0.39, 0.29) is 23.3 Å². The summed E-state index contributed by atoms with van der Waals surface area (Å²) >= 11 is 6.07. The Bertz CT molecular complexity index is 996. The summed E-state index contributed by atoms with van der Waals surface area (Å²) in [5.74, 6) is 1.16. The fraction of sp³-hybridized carbons (Fsp3) is 0.389. The highest BCUT2D eigenvalue weighted by atomic mass is 35.5. The van der Waals surface area contributed by atoms with Crippen LogP contribution in [0.4, 0.5) is 4.39 Å². The van der Waals surface area contributed by atoms with Crippen molar-refractivity contribution in [2.75, 3.05) is 13.1 Å². The lowest BCUT2D eigenvalue weighted by Crippen LogP contribution is -2.39. The van der Waals surface area contributed by atoms with Gasteiger partial charge in [-0.1, -0.05) is 16.8 Å². The normalized spacial score (nSPS) is 15.2. The molecule has 0 spiro atoms. The molecule has 1 amide bonds. The maximum Gasteiger partial charge on any atom is 0.230 e. The molecular weight excluding hydrogens is 387 g/mol. The molecule has 0 saturated carbocycles. The smallest absolute Gasteiger partial charge is 0.230 e. The summed E-state index contributed by atoms with van der Waals surface area (Å²) in [6, 6.07) is 4.05. The zero-order chi connectivity index (χ0) is 19.7. The lowest BCUT2D eigenvalue weighted by atomic mass is 9.96. The predicted octanol–water partition coefficient (Wildman–Crippen LogP) is 2.61. The zero-order valence-electron chi connectivity index (χ0n) is 15.2. The first-order valence-corrected chi connectivity index (χ1v) is 9.28. The van der Waals surface area contributed by atoms with Crippen LogP contribution in [-0.2, 0) is 18.3 Å². The molecule has 0 radical (unpaired) electrons. The highest BCUT2D eigenvalue weighted by Crippen LogP contribution is 2.31. The second-order valence-electron chi connectivity index (χ2n) is 6.71. The molecule has 0 atom stereocenters. The molecule has 10 heteroatoms. The fourth-order valence-electron chi connectivity index (χ4n) is 3.28. The molecule has 1 saturated heterocycles. The molecule has 1 fully saturated rings. The summed E-state index contributed by atoms with van der Waals surface area (Å²) in [4.78, 5) is 22.8. The molecule has 0 N–H and O–H groups in total. The Labute approximate surface area is 165 Å². The van der Waals surface area contributed by atoms with Gasteiger partial charge in [-0.05, 0) is 31.0 Å². The second-order valence-corrected chi connectivity index (χ2v) is 7.12. The fourth-order valence-corrected chi connectivity index (χ4v) is 3.54. The summed E-state index contributed by atoms with van der Waals surface area (Å²) in [7, 11) is 1.77. The first kappa shape index (κ1) is 18.5. The van der Waals surface area contributed by atoms with Crippen molar-refractivity contribution < 1.29 is 13.7 Å². The van der Waals surface area contributed by atoms with E-state index < -0.39 is 5.82 Å². The number of benzene rings is 1. The van der Waals surface area contributed by atoms with Gasteiger partial charge >= 0.3 is 0 Å². The van der Waals surface area contributed by atoms with E-state index in [4.69, 9.17) is 16.1 Å². The van der Waals surface area contributed by atoms with E-state index >= 15 is 0 Å². The summed E-state index contributed by atoms with van der Waals surface area (Å²) in [6.45, 7) is 1.22. The van der Waals surface area contributed by atoms with Gasteiger partial charge in [-0.25, -0.2) is 9.37 Å². The largest absolute Gasteiger partial charge is 0.342 e. The minimum absolute atomic E-state index is 0.0267. The second kappa shape index (κ2) is 7.67. The van der Waals surface area contributed by atoms with Gasteiger partial charge < -0.3 is 9.42 Å². The molecule has 4 rings (SSSR count). The average Bonchev–Trinajstić information content (AvgIpc) is 3.32. The van der Waals surface area contributed by atoms with Gasteiger partial charge in [0.25, 0.3) is 0 Å². The van der Waals surface area contributed by atoms with Crippen LogP contribution in [0.1, 0.15) is 30.5 Å². The SMILES string of the molecule is Cn1ncnc1CC(=O)N1CCC(c2nc(-c3ccc(F)cc3Cl)no2)CC1. The van der Waals surface area contributed by atoms with Gasteiger partial charge in [0.2, 0.25) is 17.6 Å². The van der Waals surface area contributed by atoms with E-state index in [9.17, 15) is 9.18 Å². The Morgan fingerprint density at radius 2 is 2.14 bits per heavy atom. The number of hydrogen-bond acceptors (Lipinski definition) is 6. The van der Waals surface area contributed by atoms with Crippen LogP contribution in [0, 0.1) is 5.82 Å². The van der Waals surface area contributed by atoms with Gasteiger partial charge in [-0.3, -0.25) is 9.48 Å². The third-order valence-electron chi connectivity index (χ3n) is 4.93. The Kier molecular flexibility index (Phi) is 5.08. The van der Waals surface area contributed by atoms with Crippen molar-refractivity contribution in [1.82, 2.24) is 29.8 Å². The van der Waals surface area contributed by atoms with E-state index in [1.807, 2.05) is 4.90 Å². The number of piperidine rings is 1. The Morgan fingerprint density at radius 1 is 1.36 bits per heavy atom. The molecule has 146 valence electrons. The molecule has 1 aliphatic heterocycles. The van der Waals surface area contributed by atoms with E-state index in [2.05, 4.69) is 20.2 Å². The van der Waals surface area contributed by atoms with Gasteiger partial charge in [0.1, 0.15) is 18.0 Å². The molecule has 0 bridgehead atoms. The summed E-state index contributed by atoms with van der Waals surface area (Å²) in [5.41, 5.74) is 0.523. The number of aromatic nitrogens is 5. The van der Waals surface area contributed by atoms with E-state index in [0.29, 0.717) is 36.2 Å². The number of nitrogens with zero attached hydrogens (tertiary/aromatic N) is 6. The van der Waals surface area contributed by atoms with Crippen molar-refractivity contribution in [3.05, 3.63) is 47.1 Å². The van der Waals surface area contributed by atoms with Crippen molar-refractivity contribution in [2.24, 2.45) is 7.05 Å². The van der Waals surface area contributed by atoms with Gasteiger partial charge in [-0.2, -0.15) is 10.1 Å². The number of halogens is 2. The standard InChI is InChI=1S/C18H18ClFN6O2/c1-25-15(21-10-22-25)9-16(27)26-6-4-11(5-7-26)18-23-17(24-28-18)13-3-2-12(20)8-14(13)19/h2-3,8,10-11H,4-7,9H2,1H3. The molecule has 0 unspecified atom stereocenters. The molecular formula is C18H18ClFN6O2. The minimum atomic E-state index is -0.421. The summed E-state index contributed by atoms with van der Waals surface area (Å²) in [6.07, 6.45) is 3.12. The molecule has 8 nitrogen and oxygen atoms in total. The number of amides is 1. The third kappa shape index (κ3) is 3.75. The lowest BCUT2D eigenvalue weighted by molar-refractivity contribution is -0.131. The van der Waals surface area contributed by atoms with Crippen molar-refractivity contribution in [1.29, 1.82) is 0 Å². The van der Waals surface area contributed by atoms with Gasteiger partial charge in [0.15, 0.2) is 0 Å². The molecule has 1 aliphatic rings. The minimum Gasteiger partial charge on any atom is -0.342 e. The quantitative estimate of drug-likeness (QED) is 0.664. The van der Waals surface area contributed by atoms with E-state index in [1.54, 1.807) is 11.7 Å². The maximum atomic E-state index is 13.2. The molecule has 0 aliphatic carbocycles. The molecule has 1 aromatic carbocycles. The Balaban J connectivity index is 1.38. The van der Waals surface area contributed by atoms with Crippen LogP contribution in [0.2, 0.25) is 5.02 Å². The van der Waals surface area contributed by atoms with Gasteiger partial charge in [-0.15, -0.1) is 0 Å². The highest BCUT2D eigenvalue weighted by Gasteiger charge is 2.28. The monoisotopic (exact) mass is 404 g/mol. The van der Waals surface area contributed by atoms with Crippen molar-refractivity contribution in [3.8, 4) is 11.4 Å². The van der Waals surface area contributed by atoms with Crippen LogP contribution in [0.5, 0.6) is 0 Å². The number of carbonyl (C=O) groups is 1. The van der Waals surface area contributed by atoms with Crippen LogP contribution in [0.15, 0.2) is 29.0 Å². The average molecular weight is 405 g/mol. The van der Waals surface area contributed by atoms with Crippen LogP contribution in [-0.4, -0.2) is 48.8 Å². The van der Waals surface area contributed by atoms with E-state index in [1.165, 1.54) is 24.5 Å². The van der Waals surface area contributed by atoms with Crippen LogP contribution >= 0.6 is 11.6 Å². The molecule has 2 aromatic heterocycles. The molecule has 28 heavy (non-hydrogen) atoms. The Morgan fingerprint density at radius 3 is 2.82 bits per heavy atom. The first-order chi connectivity index (χ1) is 13.5. The maximum absolute atomic E-state index is 13.2. The van der Waals surface area contributed by atoms with Gasteiger partial charge in [0.05, 0.1) is 11.4 Å². The number of likely N-dealkylation sites (tertiary alicyclic amines) is 1. The van der Waals surface area contributed by atoms with Crippen LogP contribution in [0.25, 0.3) is 11.4 Å². The van der Waals surface area contributed by atoms with Crippen LogP contribution < -0.4 is 0 Å². The highest BCUT2D eigenvalue weighted by molar-refractivity contribution is 6.33. The van der Waals surface area contributed by atoms with Crippen molar-refractivity contribution in [2.45, 2.75) is 25.2 Å². The molecule has 3 aromatic rings. The number of rotatable bonds is 4. The van der Waals surface area contributed by atoms with Crippen LogP contribution in [0.3, 0.4) is 0 Å². The third-order valence-corrected chi connectivity index (χ3v) is 5.24. The number of carbonyl (C=O) groups excluding carboxylic acids is 1. The number of aryl methyl sites for hydroxylation is 1. The summed E-state index contributed by atoms with van der Waals surface area (Å²) in [5, 5.41) is 8.19. The van der Waals surface area contributed by atoms with Gasteiger partial charge in [0, 0.05) is 31.6 Å². The van der Waals surface area contributed by atoms with Crippen molar-refractivity contribution in [3.63, 3.8) is 0 Å². The molecule has 3 heterocycles. The predicted molar refractivity (Wildman–Crippen MR) is 98.0 cm³/mol. The lowest BCUT2D eigenvalue weighted by Gasteiger charge is -2.30. The Hall–Kier alpha value is -2.81.